The zero-order valence-corrected chi connectivity index (χ0v) is 7.37. The molecule has 4 heteroatoms. The first kappa shape index (κ1) is 10.2. The minimum atomic E-state index is -1.17. The zero-order chi connectivity index (χ0) is 5.15. The van der Waals surface area contributed by atoms with Crippen molar-refractivity contribution in [3.63, 3.8) is 0 Å². The molecule has 36 valence electrons. The Labute approximate surface area is 58.9 Å². The molecule has 2 nitrogen and oxygen atoms in total. The van der Waals surface area contributed by atoms with Gasteiger partial charge in [0.15, 0.2) is 0 Å². The molecule has 0 atom stereocenters. The number of rotatable bonds is 1. The van der Waals surface area contributed by atoms with Crippen LogP contribution in [0.3, 0.4) is 0 Å². The van der Waals surface area contributed by atoms with Gasteiger partial charge in [-0.2, -0.15) is 0 Å². The smallest absolute Gasteiger partial charge is 0.346 e. The SMILES string of the molecule is C=C(Cl)C(=O)O.[Zn]. The van der Waals surface area contributed by atoms with Crippen LogP contribution in [-0.2, 0) is 24.3 Å². The van der Waals surface area contributed by atoms with Crippen molar-refractivity contribution in [3.8, 4) is 0 Å². The van der Waals surface area contributed by atoms with Gasteiger partial charge >= 0.3 is 5.97 Å². The molecule has 0 saturated carbocycles. The van der Waals surface area contributed by atoms with E-state index in [0.29, 0.717) is 0 Å². The third-order valence-corrected chi connectivity index (χ3v) is 0.394. The van der Waals surface area contributed by atoms with Gasteiger partial charge in [-0.05, 0) is 0 Å². The molecule has 0 bridgehead atoms. The maximum absolute atomic E-state index is 9.47. The number of carbonyl (C=O) groups is 1. The van der Waals surface area contributed by atoms with Gasteiger partial charge in [-0.3, -0.25) is 0 Å². The summed E-state index contributed by atoms with van der Waals surface area (Å²) < 4.78 is 0. The average molecular weight is 172 g/mol. The summed E-state index contributed by atoms with van der Waals surface area (Å²) in [6, 6.07) is 0. The second kappa shape index (κ2) is 4.29. The van der Waals surface area contributed by atoms with Crippen molar-refractivity contribution in [1.29, 1.82) is 0 Å². The number of aliphatic carboxylic acids is 1. The van der Waals surface area contributed by atoms with Gasteiger partial charge in [0.25, 0.3) is 0 Å². The summed E-state index contributed by atoms with van der Waals surface area (Å²) in [6.07, 6.45) is 0. The number of carboxylic acids is 1. The third kappa shape index (κ3) is 6.12. The zero-order valence-electron chi connectivity index (χ0n) is 3.65. The standard InChI is InChI=1S/C3H3ClO2.Zn/c1-2(4)3(5)6;/h1H2,(H,5,6);. The van der Waals surface area contributed by atoms with E-state index in [2.05, 4.69) is 6.58 Å². The van der Waals surface area contributed by atoms with Crippen LogP contribution in [0.4, 0.5) is 0 Å². The molecule has 0 unspecified atom stereocenters. The number of halogens is 1. The molecule has 0 rings (SSSR count). The molecule has 0 heterocycles. The van der Waals surface area contributed by atoms with Gasteiger partial charge in [-0.25, -0.2) is 4.79 Å². The first-order valence-corrected chi connectivity index (χ1v) is 1.60. The van der Waals surface area contributed by atoms with Crippen LogP contribution < -0.4 is 0 Å². The fourth-order valence-corrected chi connectivity index (χ4v) is 0. The van der Waals surface area contributed by atoms with Crippen LogP contribution in [0.5, 0.6) is 0 Å². The second-order valence-electron chi connectivity index (χ2n) is 0.710. The first-order chi connectivity index (χ1) is 2.64. The predicted octanol–water partition coefficient (Wildman–Crippen LogP) is 0.821. The van der Waals surface area contributed by atoms with E-state index in [-0.39, 0.29) is 24.5 Å². The molecular weight excluding hydrogens is 169 g/mol. The van der Waals surface area contributed by atoms with E-state index in [1.54, 1.807) is 0 Å². The Bertz CT molecular complexity index is 78.9. The van der Waals surface area contributed by atoms with E-state index in [4.69, 9.17) is 16.7 Å². The maximum atomic E-state index is 9.47. The van der Waals surface area contributed by atoms with E-state index in [9.17, 15) is 4.79 Å². The molecule has 7 heavy (non-hydrogen) atoms. The fraction of sp³-hybridized carbons (Fsp3) is 0. The van der Waals surface area contributed by atoms with Crippen molar-refractivity contribution >= 4 is 17.6 Å². The molecule has 0 fully saturated rings. The van der Waals surface area contributed by atoms with E-state index in [0.717, 1.165) is 0 Å². The first-order valence-electron chi connectivity index (χ1n) is 1.22. The molecule has 0 aliphatic rings. The molecule has 0 radical (unpaired) electrons. The van der Waals surface area contributed by atoms with Gasteiger partial charge < -0.3 is 5.11 Å². The Morgan fingerprint density at radius 3 is 1.86 bits per heavy atom. The normalized spacial score (nSPS) is 6.43. The Hall–Kier alpha value is 0.123. The number of carboxylic acid groups (broad SMARTS) is 1. The van der Waals surface area contributed by atoms with Crippen molar-refractivity contribution < 1.29 is 29.4 Å². The van der Waals surface area contributed by atoms with Gasteiger partial charge in [0.2, 0.25) is 0 Å². The van der Waals surface area contributed by atoms with Crippen molar-refractivity contribution in [2.75, 3.05) is 0 Å². The van der Waals surface area contributed by atoms with Crippen LogP contribution in [0.2, 0.25) is 0 Å². The van der Waals surface area contributed by atoms with Crippen LogP contribution in [0.25, 0.3) is 0 Å². The van der Waals surface area contributed by atoms with Crippen LogP contribution in [-0.4, -0.2) is 11.1 Å². The number of hydrogen-bond acceptors (Lipinski definition) is 1. The van der Waals surface area contributed by atoms with Crippen molar-refractivity contribution in [2.24, 2.45) is 0 Å². The Morgan fingerprint density at radius 2 is 1.86 bits per heavy atom. The van der Waals surface area contributed by atoms with Gasteiger partial charge in [-0.1, -0.05) is 18.2 Å². The Balaban J connectivity index is 0. The van der Waals surface area contributed by atoms with E-state index >= 15 is 0 Å². The van der Waals surface area contributed by atoms with Crippen LogP contribution in [0, 0.1) is 0 Å². The molecule has 0 amide bonds. The summed E-state index contributed by atoms with van der Waals surface area (Å²) in [7, 11) is 0. The topological polar surface area (TPSA) is 37.3 Å². The van der Waals surface area contributed by atoms with Gasteiger partial charge in [0, 0.05) is 19.5 Å². The quantitative estimate of drug-likeness (QED) is 0.469. The molecule has 0 saturated heterocycles. The van der Waals surface area contributed by atoms with E-state index < -0.39 is 5.97 Å². The van der Waals surface area contributed by atoms with Crippen molar-refractivity contribution in [2.45, 2.75) is 0 Å². The Morgan fingerprint density at radius 1 is 1.71 bits per heavy atom. The molecule has 0 spiro atoms. The summed E-state index contributed by atoms with van der Waals surface area (Å²) >= 11 is 4.82. The minimum absolute atomic E-state index is 0. The molecule has 1 N–H and O–H groups in total. The third-order valence-electron chi connectivity index (χ3n) is 0.232. The monoisotopic (exact) mass is 170 g/mol. The summed E-state index contributed by atoms with van der Waals surface area (Å²) in [5, 5.41) is 7.41. The van der Waals surface area contributed by atoms with Gasteiger partial charge in [0.05, 0.1) is 0 Å². The van der Waals surface area contributed by atoms with Crippen LogP contribution in [0.15, 0.2) is 11.6 Å². The number of hydrogen-bond donors (Lipinski definition) is 1. The minimum Gasteiger partial charge on any atom is -0.477 e. The maximum Gasteiger partial charge on any atom is 0.346 e. The summed E-state index contributed by atoms with van der Waals surface area (Å²) in [5.41, 5.74) is 0. The fourth-order valence-electron chi connectivity index (χ4n) is 0. The average Bonchev–Trinajstić information content (AvgIpc) is 1.36. The predicted molar refractivity (Wildman–Crippen MR) is 22.6 cm³/mol. The molecule has 0 aliphatic heterocycles. The van der Waals surface area contributed by atoms with Crippen molar-refractivity contribution in [1.82, 2.24) is 0 Å². The van der Waals surface area contributed by atoms with Crippen molar-refractivity contribution in [3.05, 3.63) is 11.6 Å². The molecule has 0 aromatic heterocycles. The van der Waals surface area contributed by atoms with Gasteiger partial charge in [0.1, 0.15) is 5.03 Å². The Kier molecular flexibility index (Phi) is 6.23. The summed E-state index contributed by atoms with van der Waals surface area (Å²) in [6.45, 7) is 2.92. The van der Waals surface area contributed by atoms with E-state index in [1.165, 1.54) is 0 Å². The second-order valence-corrected chi connectivity index (χ2v) is 1.17. The molecule has 0 aliphatic carbocycles. The van der Waals surface area contributed by atoms with Crippen LogP contribution in [0.1, 0.15) is 0 Å². The summed E-state index contributed by atoms with van der Waals surface area (Å²) in [5.74, 6) is -1.17. The van der Waals surface area contributed by atoms with Gasteiger partial charge in [-0.15, -0.1) is 0 Å². The van der Waals surface area contributed by atoms with E-state index in [1.807, 2.05) is 0 Å². The summed E-state index contributed by atoms with van der Waals surface area (Å²) in [4.78, 5) is 9.47. The molecule has 0 aromatic rings. The largest absolute Gasteiger partial charge is 0.477 e. The molecule has 0 aromatic carbocycles. The molecular formula is C3H3ClO2Zn. The van der Waals surface area contributed by atoms with Crippen LogP contribution >= 0.6 is 11.6 Å².